The van der Waals surface area contributed by atoms with Crippen LogP contribution in [0.1, 0.15) is 0 Å². The smallest absolute Gasteiger partial charge is 0.261 e. The van der Waals surface area contributed by atoms with Gasteiger partial charge in [0.05, 0.1) is 10.6 Å². The van der Waals surface area contributed by atoms with E-state index in [1.165, 1.54) is 18.2 Å². The van der Waals surface area contributed by atoms with Gasteiger partial charge >= 0.3 is 0 Å². The number of hydrogen-bond donors (Lipinski definition) is 2. The van der Waals surface area contributed by atoms with Crippen LogP contribution in [0, 0.1) is 5.82 Å². The molecule has 4 nitrogen and oxygen atoms in total. The molecule has 0 aliphatic heterocycles. The predicted molar refractivity (Wildman–Crippen MR) is 98.4 cm³/mol. The number of nitrogens with one attached hydrogen (secondary N) is 2. The molecule has 0 amide bonds. The lowest BCUT2D eigenvalue weighted by Gasteiger charge is -2.10. The Kier molecular flexibility index (Phi) is 4.92. The van der Waals surface area contributed by atoms with E-state index < -0.39 is 10.0 Å². The lowest BCUT2D eigenvalue weighted by atomic mass is 10.2. The quantitative estimate of drug-likeness (QED) is 0.657. The number of rotatable bonds is 5. The van der Waals surface area contributed by atoms with E-state index in [0.717, 1.165) is 0 Å². The maximum Gasteiger partial charge on any atom is 0.261 e. The Morgan fingerprint density at radius 3 is 2.20 bits per heavy atom. The number of halogens is 2. The van der Waals surface area contributed by atoms with Gasteiger partial charge in [0, 0.05) is 16.4 Å². The normalized spacial score (nSPS) is 11.1. The topological polar surface area (TPSA) is 58.2 Å². The third-order valence-corrected chi connectivity index (χ3v) is 5.01. The van der Waals surface area contributed by atoms with E-state index in [1.54, 1.807) is 54.6 Å². The van der Waals surface area contributed by atoms with Crippen LogP contribution in [0.2, 0.25) is 5.02 Å². The van der Waals surface area contributed by atoms with Crippen LogP contribution in [-0.2, 0) is 10.0 Å². The molecule has 0 aromatic heterocycles. The van der Waals surface area contributed by atoms with Crippen molar-refractivity contribution in [3.8, 4) is 0 Å². The average Bonchev–Trinajstić information content (AvgIpc) is 2.58. The van der Waals surface area contributed by atoms with Crippen molar-refractivity contribution in [1.82, 2.24) is 0 Å². The molecule has 0 unspecified atom stereocenters. The standard InChI is InChI=1S/C18H14ClFN2O2S/c19-13-4-3-5-16(12-13)25(23,24)22-15-10-8-14(9-11-15)21-18-7-2-1-6-17(18)20/h1-12,21-22H. The van der Waals surface area contributed by atoms with Crippen LogP contribution >= 0.6 is 11.6 Å². The molecule has 3 rings (SSSR count). The second-order valence-corrected chi connectivity index (χ2v) is 7.36. The minimum Gasteiger partial charge on any atom is -0.353 e. The molecular formula is C18H14ClFN2O2S. The summed E-state index contributed by atoms with van der Waals surface area (Å²) >= 11 is 5.83. The molecule has 3 aromatic rings. The van der Waals surface area contributed by atoms with Gasteiger partial charge in [-0.25, -0.2) is 12.8 Å². The van der Waals surface area contributed by atoms with Crippen molar-refractivity contribution in [2.45, 2.75) is 4.90 Å². The zero-order valence-electron chi connectivity index (χ0n) is 12.9. The molecule has 0 bridgehead atoms. The number of para-hydroxylation sites is 1. The fourth-order valence-electron chi connectivity index (χ4n) is 2.19. The zero-order valence-corrected chi connectivity index (χ0v) is 14.5. The van der Waals surface area contributed by atoms with E-state index in [0.29, 0.717) is 22.1 Å². The van der Waals surface area contributed by atoms with Crippen molar-refractivity contribution < 1.29 is 12.8 Å². The molecule has 3 aromatic carbocycles. The molecule has 0 heterocycles. The Labute approximate surface area is 150 Å². The Bertz CT molecular complexity index is 992. The summed E-state index contributed by atoms with van der Waals surface area (Å²) in [6.07, 6.45) is 0. The van der Waals surface area contributed by atoms with E-state index in [1.807, 2.05) is 0 Å². The van der Waals surface area contributed by atoms with Crippen molar-refractivity contribution in [2.24, 2.45) is 0 Å². The Morgan fingerprint density at radius 2 is 1.52 bits per heavy atom. The van der Waals surface area contributed by atoms with E-state index in [2.05, 4.69) is 10.0 Å². The molecular weight excluding hydrogens is 363 g/mol. The van der Waals surface area contributed by atoms with Crippen molar-refractivity contribution in [1.29, 1.82) is 0 Å². The summed E-state index contributed by atoms with van der Waals surface area (Å²) in [6.45, 7) is 0. The lowest BCUT2D eigenvalue weighted by Crippen LogP contribution is -2.12. The monoisotopic (exact) mass is 376 g/mol. The molecule has 2 N–H and O–H groups in total. The molecule has 128 valence electrons. The van der Waals surface area contributed by atoms with E-state index in [-0.39, 0.29) is 10.7 Å². The van der Waals surface area contributed by atoms with Crippen LogP contribution in [0.3, 0.4) is 0 Å². The highest BCUT2D eigenvalue weighted by Crippen LogP contribution is 2.23. The van der Waals surface area contributed by atoms with Gasteiger partial charge in [0.1, 0.15) is 5.82 Å². The van der Waals surface area contributed by atoms with Gasteiger partial charge in [-0.2, -0.15) is 0 Å². The van der Waals surface area contributed by atoms with Crippen molar-refractivity contribution in [3.63, 3.8) is 0 Å². The number of hydrogen-bond acceptors (Lipinski definition) is 3. The SMILES string of the molecule is O=S(=O)(Nc1ccc(Nc2ccccc2F)cc1)c1cccc(Cl)c1. The third kappa shape index (κ3) is 4.29. The molecule has 0 spiro atoms. The second kappa shape index (κ2) is 7.13. The first-order chi connectivity index (χ1) is 11.9. The van der Waals surface area contributed by atoms with Crippen LogP contribution in [0.5, 0.6) is 0 Å². The summed E-state index contributed by atoms with van der Waals surface area (Å²) in [7, 11) is -3.73. The molecule has 0 aliphatic carbocycles. The predicted octanol–water partition coefficient (Wildman–Crippen LogP) is 5.02. The van der Waals surface area contributed by atoms with Crippen LogP contribution < -0.4 is 10.0 Å². The average molecular weight is 377 g/mol. The number of sulfonamides is 1. The van der Waals surface area contributed by atoms with Gasteiger partial charge in [0.2, 0.25) is 0 Å². The molecule has 0 atom stereocenters. The van der Waals surface area contributed by atoms with Crippen LogP contribution in [0.25, 0.3) is 0 Å². The van der Waals surface area contributed by atoms with E-state index in [9.17, 15) is 12.8 Å². The van der Waals surface area contributed by atoms with E-state index >= 15 is 0 Å². The fourth-order valence-corrected chi connectivity index (χ4v) is 3.55. The van der Waals surface area contributed by atoms with Crippen LogP contribution in [0.4, 0.5) is 21.5 Å². The Balaban J connectivity index is 1.75. The van der Waals surface area contributed by atoms with Crippen molar-refractivity contribution in [3.05, 3.63) is 83.6 Å². The summed E-state index contributed by atoms with van der Waals surface area (Å²) in [5.41, 5.74) is 1.37. The van der Waals surface area contributed by atoms with Gasteiger partial charge in [-0.3, -0.25) is 4.72 Å². The molecule has 7 heteroatoms. The summed E-state index contributed by atoms with van der Waals surface area (Å²) in [5, 5.41) is 3.27. The summed E-state index contributed by atoms with van der Waals surface area (Å²) in [6, 6.07) is 18.8. The maximum atomic E-state index is 13.6. The summed E-state index contributed by atoms with van der Waals surface area (Å²) in [4.78, 5) is 0.0774. The highest BCUT2D eigenvalue weighted by molar-refractivity contribution is 7.92. The maximum absolute atomic E-state index is 13.6. The second-order valence-electron chi connectivity index (χ2n) is 5.25. The van der Waals surface area contributed by atoms with Crippen LogP contribution in [-0.4, -0.2) is 8.42 Å². The van der Waals surface area contributed by atoms with E-state index in [4.69, 9.17) is 11.6 Å². The van der Waals surface area contributed by atoms with Crippen molar-refractivity contribution >= 4 is 38.7 Å². The molecule has 0 fully saturated rings. The van der Waals surface area contributed by atoms with Crippen LogP contribution in [0.15, 0.2) is 77.7 Å². The first kappa shape index (κ1) is 17.3. The largest absolute Gasteiger partial charge is 0.353 e. The number of benzene rings is 3. The Morgan fingerprint density at radius 1 is 0.840 bits per heavy atom. The molecule has 0 saturated carbocycles. The first-order valence-corrected chi connectivity index (χ1v) is 9.20. The van der Waals surface area contributed by atoms with Gasteiger partial charge in [-0.15, -0.1) is 0 Å². The van der Waals surface area contributed by atoms with Crippen molar-refractivity contribution in [2.75, 3.05) is 10.0 Å². The molecule has 0 aliphatic rings. The third-order valence-electron chi connectivity index (χ3n) is 3.40. The lowest BCUT2D eigenvalue weighted by molar-refractivity contribution is 0.601. The summed E-state index contributed by atoms with van der Waals surface area (Å²) < 4.78 is 40.8. The molecule has 0 radical (unpaired) electrons. The minimum atomic E-state index is -3.73. The summed E-state index contributed by atoms with van der Waals surface area (Å²) in [5.74, 6) is -0.367. The Hall–Kier alpha value is -2.57. The molecule has 0 saturated heterocycles. The van der Waals surface area contributed by atoms with Gasteiger partial charge in [0.25, 0.3) is 10.0 Å². The van der Waals surface area contributed by atoms with Gasteiger partial charge in [-0.05, 0) is 54.6 Å². The zero-order chi connectivity index (χ0) is 17.9. The highest BCUT2D eigenvalue weighted by Gasteiger charge is 2.14. The fraction of sp³-hybridized carbons (Fsp3) is 0. The first-order valence-electron chi connectivity index (χ1n) is 7.34. The highest BCUT2D eigenvalue weighted by atomic mass is 35.5. The minimum absolute atomic E-state index is 0.0774. The van der Waals surface area contributed by atoms with Gasteiger partial charge in [-0.1, -0.05) is 29.8 Å². The molecule has 25 heavy (non-hydrogen) atoms. The van der Waals surface area contributed by atoms with Gasteiger partial charge in [0.15, 0.2) is 0 Å². The number of anilines is 3. The van der Waals surface area contributed by atoms with Gasteiger partial charge < -0.3 is 5.32 Å².